The molecule has 0 spiro atoms. The summed E-state index contributed by atoms with van der Waals surface area (Å²) in [6.45, 7) is 10.1. The maximum Gasteiger partial charge on any atom is 0.376 e. The molecule has 4 heterocycles. The molecule has 2 saturated heterocycles. The highest BCUT2D eigenvalue weighted by Crippen LogP contribution is 2.43. The van der Waals surface area contributed by atoms with Gasteiger partial charge >= 0.3 is 20.1 Å². The van der Waals surface area contributed by atoms with Crippen LogP contribution in [0.2, 0.25) is 23.7 Å². The standard InChI is InChI=1S/C21H23BClN3O3.C19H20BBrClN3O/c1-22(28)26-10-8-25(9-11-26)20-16-6-5-15(23)12-14(16)13-18(21(27)29-2)17-4-3-7-24-19(17)20;1-20(26)25-9-7-24(8-10-25)19-15-5-4-14(22)11-13(15)12-17(21)16-3-2-6-23-18(16)19/h3-7,12-13,20,28H,8-11H2,1-2H3;2-6,11-12,19,26H,7-10H2,1H3. The summed E-state index contributed by atoms with van der Waals surface area (Å²) in [5, 5.41) is 21.1. The molecular weight excluding hydrogens is 801 g/mol. The lowest BCUT2D eigenvalue weighted by molar-refractivity contribution is -0.133. The number of benzene rings is 2. The molecule has 2 unspecified atom stereocenters. The van der Waals surface area contributed by atoms with E-state index in [1.165, 1.54) is 12.7 Å². The number of methoxy groups -OCH3 is 1. The molecule has 2 N–H and O–H groups in total. The maximum absolute atomic E-state index is 12.6. The number of aromatic nitrogens is 2. The van der Waals surface area contributed by atoms with Gasteiger partial charge in [-0.2, -0.15) is 0 Å². The first-order valence-electron chi connectivity index (χ1n) is 18.5. The van der Waals surface area contributed by atoms with Crippen LogP contribution in [-0.4, -0.2) is 119 Å². The number of halogens is 3. The Balaban J connectivity index is 0.000000170. The molecule has 2 atom stereocenters. The highest BCUT2D eigenvalue weighted by Gasteiger charge is 2.36. The van der Waals surface area contributed by atoms with Gasteiger partial charge in [-0.25, -0.2) is 4.79 Å². The van der Waals surface area contributed by atoms with E-state index in [4.69, 9.17) is 37.9 Å². The minimum atomic E-state index is -0.463. The first-order chi connectivity index (χ1) is 26.5. The van der Waals surface area contributed by atoms with Crippen molar-refractivity contribution in [2.24, 2.45) is 0 Å². The van der Waals surface area contributed by atoms with E-state index in [0.29, 0.717) is 10.6 Å². The van der Waals surface area contributed by atoms with Crippen LogP contribution in [0.1, 0.15) is 56.9 Å². The largest absolute Gasteiger partial charge is 0.465 e. The van der Waals surface area contributed by atoms with Crippen molar-refractivity contribution in [3.63, 3.8) is 0 Å². The van der Waals surface area contributed by atoms with Crippen LogP contribution >= 0.6 is 39.1 Å². The lowest BCUT2D eigenvalue weighted by Crippen LogP contribution is -2.52. The van der Waals surface area contributed by atoms with Gasteiger partial charge in [-0.1, -0.05) is 63.4 Å². The number of carbonyl (C=O) groups excluding carboxylic acids is 1. The van der Waals surface area contributed by atoms with Crippen LogP contribution in [0.4, 0.5) is 0 Å². The fourth-order valence-electron chi connectivity index (χ4n) is 8.04. The molecule has 0 bridgehead atoms. The Morgan fingerprint density at radius 1 is 0.727 bits per heavy atom. The second kappa shape index (κ2) is 17.4. The summed E-state index contributed by atoms with van der Waals surface area (Å²) < 4.78 is 6.07. The Morgan fingerprint density at radius 3 is 1.65 bits per heavy atom. The highest BCUT2D eigenvalue weighted by atomic mass is 79.9. The van der Waals surface area contributed by atoms with Gasteiger partial charge in [-0.3, -0.25) is 19.8 Å². The average molecular weight is 844 g/mol. The minimum absolute atomic E-state index is 0.0703. The van der Waals surface area contributed by atoms with E-state index in [1.807, 2.05) is 72.4 Å². The van der Waals surface area contributed by atoms with Gasteiger partial charge in [0, 0.05) is 90.4 Å². The molecule has 0 radical (unpaired) electrons. The van der Waals surface area contributed by atoms with E-state index < -0.39 is 20.1 Å². The van der Waals surface area contributed by atoms with Crippen LogP contribution in [0.3, 0.4) is 0 Å². The average Bonchev–Trinajstić information content (AvgIpc) is 3.41. The van der Waals surface area contributed by atoms with Gasteiger partial charge in [0.1, 0.15) is 0 Å². The van der Waals surface area contributed by atoms with E-state index in [2.05, 4.69) is 48.7 Å². The molecule has 2 aliphatic carbocycles. The molecule has 15 heteroatoms. The molecule has 2 fully saturated rings. The quantitative estimate of drug-likeness (QED) is 0.175. The molecule has 284 valence electrons. The third-order valence-electron chi connectivity index (χ3n) is 10.9. The number of fused-ring (bicyclic) bond motifs is 4. The number of rotatable bonds is 5. The van der Waals surface area contributed by atoms with Crippen molar-refractivity contribution >= 4 is 81.4 Å². The molecule has 2 aliphatic heterocycles. The van der Waals surface area contributed by atoms with Gasteiger partial charge in [-0.05, 0) is 84.5 Å². The van der Waals surface area contributed by atoms with Crippen LogP contribution in [0, 0.1) is 0 Å². The third-order valence-corrected chi connectivity index (χ3v) is 12.0. The zero-order valence-electron chi connectivity index (χ0n) is 31.1. The molecular formula is C40H43B2BrCl2N6O4. The van der Waals surface area contributed by atoms with Crippen molar-refractivity contribution in [2.45, 2.75) is 25.7 Å². The SMILES string of the molecule is CB(O)N1CCN(C2c3ccc(Cl)cc3C=C(Br)c3cccnc32)CC1.COC(=O)C1=Cc2cc(Cl)ccc2C(N2CCN(B(C)O)CC2)c2ncccc21. The van der Waals surface area contributed by atoms with E-state index in [9.17, 15) is 14.8 Å². The normalized spacial score (nSPS) is 20.1. The summed E-state index contributed by atoms with van der Waals surface area (Å²) in [7, 11) is 0.518. The fourth-order valence-corrected chi connectivity index (χ4v) is 8.98. The van der Waals surface area contributed by atoms with Gasteiger partial charge in [0.2, 0.25) is 0 Å². The van der Waals surface area contributed by atoms with Crippen molar-refractivity contribution in [3.05, 3.63) is 128 Å². The zero-order valence-corrected chi connectivity index (χ0v) is 34.2. The van der Waals surface area contributed by atoms with Crippen LogP contribution in [-0.2, 0) is 9.53 Å². The van der Waals surface area contributed by atoms with Crippen molar-refractivity contribution in [3.8, 4) is 0 Å². The Labute approximate surface area is 341 Å². The summed E-state index contributed by atoms with van der Waals surface area (Å²) in [6, 6.07) is 19.6. The van der Waals surface area contributed by atoms with E-state index >= 15 is 0 Å². The van der Waals surface area contributed by atoms with Crippen molar-refractivity contribution < 1.29 is 19.6 Å². The zero-order chi connectivity index (χ0) is 38.8. The maximum atomic E-state index is 12.6. The van der Waals surface area contributed by atoms with Crippen molar-refractivity contribution in [2.75, 3.05) is 59.5 Å². The number of esters is 1. The van der Waals surface area contributed by atoms with Gasteiger partial charge in [-0.15, -0.1) is 0 Å². The number of ether oxygens (including phenoxy) is 1. The Hall–Kier alpha value is -3.36. The topological polar surface area (TPSA) is 106 Å². The number of pyridine rings is 2. The van der Waals surface area contributed by atoms with Crippen LogP contribution in [0.25, 0.3) is 22.2 Å². The predicted octanol–water partition coefficient (Wildman–Crippen LogP) is 6.34. The number of carbonyl (C=O) groups is 1. The first-order valence-corrected chi connectivity index (χ1v) is 20.1. The van der Waals surface area contributed by atoms with Crippen LogP contribution < -0.4 is 0 Å². The summed E-state index contributed by atoms with van der Waals surface area (Å²) in [5.74, 6) is -0.398. The summed E-state index contributed by atoms with van der Waals surface area (Å²) in [4.78, 5) is 31.0. The van der Waals surface area contributed by atoms with Gasteiger partial charge in [0.05, 0.1) is 36.2 Å². The summed E-state index contributed by atoms with van der Waals surface area (Å²) in [6.07, 6.45) is 7.60. The van der Waals surface area contributed by atoms with E-state index in [0.717, 1.165) is 101 Å². The first kappa shape index (κ1) is 39.9. The van der Waals surface area contributed by atoms with E-state index in [-0.39, 0.29) is 12.1 Å². The molecule has 0 amide bonds. The smallest absolute Gasteiger partial charge is 0.376 e. The molecule has 2 aromatic carbocycles. The van der Waals surface area contributed by atoms with Crippen molar-refractivity contribution in [1.82, 2.24) is 29.4 Å². The number of nitrogens with zero attached hydrogens (tertiary/aromatic N) is 6. The number of piperazine rings is 2. The minimum Gasteiger partial charge on any atom is -0.465 e. The second-order valence-electron chi connectivity index (χ2n) is 14.2. The van der Waals surface area contributed by atoms with Gasteiger partial charge in [0.25, 0.3) is 0 Å². The Morgan fingerprint density at radius 2 is 1.18 bits per heavy atom. The molecule has 2 aromatic heterocycles. The van der Waals surface area contributed by atoms with Crippen LogP contribution in [0.5, 0.6) is 0 Å². The molecule has 4 aromatic rings. The molecule has 10 nitrogen and oxygen atoms in total. The Bertz CT molecular complexity index is 2110. The fraction of sp³-hybridized carbons (Fsp3) is 0.325. The molecule has 8 rings (SSSR count). The number of hydrogen-bond donors (Lipinski definition) is 2. The summed E-state index contributed by atoms with van der Waals surface area (Å²) in [5.41, 5.74) is 8.52. The van der Waals surface area contributed by atoms with Gasteiger partial charge < -0.3 is 24.4 Å². The Kier molecular flexibility index (Phi) is 12.6. The molecule has 0 saturated carbocycles. The molecule has 55 heavy (non-hydrogen) atoms. The third kappa shape index (κ3) is 8.51. The number of hydrogen-bond acceptors (Lipinski definition) is 10. The van der Waals surface area contributed by atoms with Gasteiger partial charge in [0.15, 0.2) is 0 Å². The van der Waals surface area contributed by atoms with Crippen molar-refractivity contribution in [1.29, 1.82) is 0 Å². The second-order valence-corrected chi connectivity index (χ2v) is 15.9. The summed E-state index contributed by atoms with van der Waals surface area (Å²) >= 11 is 16.3. The lowest BCUT2D eigenvalue weighted by Gasteiger charge is -2.40. The monoisotopic (exact) mass is 842 g/mol. The van der Waals surface area contributed by atoms with Crippen LogP contribution in [0.15, 0.2) is 73.1 Å². The lowest BCUT2D eigenvalue weighted by atomic mass is 9.84. The predicted molar refractivity (Wildman–Crippen MR) is 226 cm³/mol. The highest BCUT2D eigenvalue weighted by molar-refractivity contribution is 9.15. The van der Waals surface area contributed by atoms with E-state index in [1.54, 1.807) is 13.0 Å². The molecule has 4 aliphatic rings.